The highest BCUT2D eigenvalue weighted by Crippen LogP contribution is 2.47. The second-order valence-electron chi connectivity index (χ2n) is 5.26. The molecule has 0 radical (unpaired) electrons. The number of amides is 1. The van der Waals surface area contributed by atoms with Crippen molar-refractivity contribution < 1.29 is 13.6 Å². The van der Waals surface area contributed by atoms with E-state index >= 15 is 0 Å². The van der Waals surface area contributed by atoms with Gasteiger partial charge < -0.3 is 5.32 Å². The number of aryl methyl sites for hydroxylation is 2. The number of carbonyl (C=O) groups excluding carboxylic acids is 1. The molecule has 1 fully saturated rings. The summed E-state index contributed by atoms with van der Waals surface area (Å²) in [5.74, 6) is -0.426. The number of aromatic nitrogens is 4. The van der Waals surface area contributed by atoms with E-state index in [0.717, 1.165) is 5.69 Å². The Balaban J connectivity index is 1.70. The number of H-pyrrole nitrogens is 1. The first-order valence-electron chi connectivity index (χ1n) is 6.60. The third-order valence-corrected chi connectivity index (χ3v) is 3.67. The molecule has 1 saturated carbocycles. The lowest BCUT2D eigenvalue weighted by Crippen LogP contribution is -2.16. The number of nitrogens with one attached hydrogen (secondary N) is 2. The highest BCUT2D eigenvalue weighted by molar-refractivity contribution is 5.96. The smallest absolute Gasteiger partial charge is 0.284 e. The third kappa shape index (κ3) is 2.53. The molecule has 0 aromatic carbocycles. The molecular formula is C13H15F2N5O. The molecule has 1 amide bonds. The molecule has 2 aromatic rings. The van der Waals surface area contributed by atoms with Crippen molar-refractivity contribution in [2.24, 2.45) is 13.0 Å². The van der Waals surface area contributed by atoms with Gasteiger partial charge in [-0.1, -0.05) is 0 Å². The van der Waals surface area contributed by atoms with E-state index in [-0.39, 0.29) is 23.4 Å². The Morgan fingerprint density at radius 3 is 2.95 bits per heavy atom. The van der Waals surface area contributed by atoms with Crippen molar-refractivity contribution in [1.29, 1.82) is 0 Å². The molecule has 0 spiro atoms. The number of hydrogen-bond acceptors (Lipinski definition) is 3. The monoisotopic (exact) mass is 295 g/mol. The molecule has 0 saturated heterocycles. The van der Waals surface area contributed by atoms with Crippen LogP contribution in [-0.2, 0) is 11.8 Å². The van der Waals surface area contributed by atoms with Gasteiger partial charge in [0.2, 0.25) is 5.91 Å². The minimum Gasteiger partial charge on any atom is -0.323 e. The van der Waals surface area contributed by atoms with E-state index in [1.54, 1.807) is 11.6 Å². The van der Waals surface area contributed by atoms with E-state index in [1.807, 2.05) is 19.3 Å². The highest BCUT2D eigenvalue weighted by Gasteiger charge is 2.45. The highest BCUT2D eigenvalue weighted by atomic mass is 19.3. The van der Waals surface area contributed by atoms with Gasteiger partial charge in [0.1, 0.15) is 0 Å². The molecule has 0 aliphatic heterocycles. The van der Waals surface area contributed by atoms with Gasteiger partial charge in [0.05, 0.1) is 17.1 Å². The zero-order valence-electron chi connectivity index (χ0n) is 11.6. The molecule has 21 heavy (non-hydrogen) atoms. The van der Waals surface area contributed by atoms with E-state index in [2.05, 4.69) is 20.6 Å². The summed E-state index contributed by atoms with van der Waals surface area (Å²) in [5, 5.41) is 12.8. The van der Waals surface area contributed by atoms with E-state index in [9.17, 15) is 13.6 Å². The van der Waals surface area contributed by atoms with Gasteiger partial charge in [0.15, 0.2) is 5.69 Å². The molecule has 2 N–H and O–H groups in total. The average Bonchev–Trinajstić information content (AvgIpc) is 2.99. The number of nitrogens with zero attached hydrogens (tertiary/aromatic N) is 3. The number of halogens is 2. The maximum Gasteiger partial charge on any atom is 0.284 e. The Kier molecular flexibility index (Phi) is 3.23. The Bertz CT molecular complexity index is 678. The molecule has 8 heteroatoms. The van der Waals surface area contributed by atoms with E-state index in [4.69, 9.17) is 0 Å². The minimum absolute atomic E-state index is 0.0633. The summed E-state index contributed by atoms with van der Waals surface area (Å²) < 4.78 is 27.3. The van der Waals surface area contributed by atoms with Crippen molar-refractivity contribution >= 4 is 11.6 Å². The quantitative estimate of drug-likeness (QED) is 0.907. The molecule has 1 aliphatic carbocycles. The fourth-order valence-electron chi connectivity index (χ4n) is 2.42. The molecule has 0 unspecified atom stereocenters. The third-order valence-electron chi connectivity index (χ3n) is 3.67. The summed E-state index contributed by atoms with van der Waals surface area (Å²) >= 11 is 0. The number of rotatable bonds is 4. The van der Waals surface area contributed by atoms with Crippen molar-refractivity contribution in [2.75, 3.05) is 5.32 Å². The lowest BCUT2D eigenvalue weighted by Gasteiger charge is -2.05. The summed E-state index contributed by atoms with van der Waals surface area (Å²) in [6, 6.07) is 1.87. The molecule has 2 aromatic heterocycles. The molecule has 2 atom stereocenters. The van der Waals surface area contributed by atoms with Crippen LogP contribution in [0, 0.1) is 12.8 Å². The minimum atomic E-state index is -2.73. The van der Waals surface area contributed by atoms with Crippen molar-refractivity contribution in [2.45, 2.75) is 25.7 Å². The molecule has 0 bridgehead atoms. The number of hydrogen-bond donors (Lipinski definition) is 2. The maximum atomic E-state index is 12.8. The van der Waals surface area contributed by atoms with Crippen molar-refractivity contribution in [3.63, 3.8) is 0 Å². The first-order chi connectivity index (χ1) is 9.97. The summed E-state index contributed by atoms with van der Waals surface area (Å²) in [7, 11) is 1.81. The SMILES string of the molecule is Cc1[nH]nc(C(F)F)c1NC(=O)[C@@H]1C[C@H]1c1ccn(C)n1. The van der Waals surface area contributed by atoms with Crippen LogP contribution >= 0.6 is 0 Å². The molecule has 2 heterocycles. The molecule has 1 aliphatic rings. The van der Waals surface area contributed by atoms with Crippen molar-refractivity contribution in [1.82, 2.24) is 20.0 Å². The number of anilines is 1. The molecule has 6 nitrogen and oxygen atoms in total. The number of alkyl halides is 2. The van der Waals surface area contributed by atoms with E-state index in [0.29, 0.717) is 12.1 Å². The van der Waals surface area contributed by atoms with Gasteiger partial charge in [-0.25, -0.2) is 8.78 Å². The molecule has 3 rings (SSSR count). The summed E-state index contributed by atoms with van der Waals surface area (Å²) in [4.78, 5) is 12.2. The standard InChI is InChI=1S/C13H15F2N5O/c1-6-10(11(12(14)15)18-17-6)16-13(21)8-5-7(8)9-3-4-20(2)19-9/h3-4,7-8,12H,5H2,1-2H3,(H,16,21)(H,17,18)/t7-,8-/m1/s1. The Hall–Kier alpha value is -2.25. The van der Waals surface area contributed by atoms with Crippen LogP contribution in [0.3, 0.4) is 0 Å². The number of carbonyl (C=O) groups is 1. The normalized spacial score (nSPS) is 20.8. The topological polar surface area (TPSA) is 75.6 Å². The van der Waals surface area contributed by atoms with Gasteiger partial charge in [0.25, 0.3) is 6.43 Å². The summed E-state index contributed by atoms with van der Waals surface area (Å²) in [6.45, 7) is 1.59. The maximum absolute atomic E-state index is 12.8. The number of aromatic amines is 1. The Morgan fingerprint density at radius 2 is 2.33 bits per heavy atom. The predicted molar refractivity (Wildman–Crippen MR) is 71.0 cm³/mol. The van der Waals surface area contributed by atoms with Crippen LogP contribution in [0.4, 0.5) is 14.5 Å². The van der Waals surface area contributed by atoms with Crippen LogP contribution in [-0.4, -0.2) is 25.9 Å². The van der Waals surface area contributed by atoms with Gasteiger partial charge in [-0.3, -0.25) is 14.6 Å². The Morgan fingerprint density at radius 1 is 1.57 bits per heavy atom. The second kappa shape index (κ2) is 4.94. The van der Waals surface area contributed by atoms with Gasteiger partial charge in [0, 0.05) is 25.1 Å². The lowest BCUT2D eigenvalue weighted by atomic mass is 10.2. The van der Waals surface area contributed by atoms with Gasteiger partial charge in [-0.15, -0.1) is 0 Å². The van der Waals surface area contributed by atoms with Crippen molar-refractivity contribution in [3.05, 3.63) is 29.3 Å². The summed E-state index contributed by atoms with van der Waals surface area (Å²) in [6.07, 6.45) is -0.224. The molecular weight excluding hydrogens is 280 g/mol. The summed E-state index contributed by atoms with van der Waals surface area (Å²) in [5.41, 5.74) is 0.946. The zero-order chi connectivity index (χ0) is 15.1. The fourth-order valence-corrected chi connectivity index (χ4v) is 2.42. The van der Waals surface area contributed by atoms with Crippen LogP contribution in [0.25, 0.3) is 0 Å². The first-order valence-corrected chi connectivity index (χ1v) is 6.60. The van der Waals surface area contributed by atoms with Crippen LogP contribution in [0.15, 0.2) is 12.3 Å². The molecule has 112 valence electrons. The first kappa shape index (κ1) is 13.7. The van der Waals surface area contributed by atoms with E-state index < -0.39 is 12.1 Å². The van der Waals surface area contributed by atoms with Gasteiger partial charge in [-0.2, -0.15) is 10.2 Å². The van der Waals surface area contributed by atoms with Crippen molar-refractivity contribution in [3.8, 4) is 0 Å². The van der Waals surface area contributed by atoms with Crippen LogP contribution in [0.5, 0.6) is 0 Å². The predicted octanol–water partition coefficient (Wildman–Crippen LogP) is 2.13. The Labute approximate surface area is 119 Å². The fraction of sp³-hybridized carbons (Fsp3) is 0.462. The zero-order valence-corrected chi connectivity index (χ0v) is 11.6. The van der Waals surface area contributed by atoms with Gasteiger partial charge in [-0.05, 0) is 19.4 Å². The van der Waals surface area contributed by atoms with Crippen LogP contribution in [0.1, 0.15) is 35.8 Å². The lowest BCUT2D eigenvalue weighted by molar-refractivity contribution is -0.117. The van der Waals surface area contributed by atoms with E-state index in [1.165, 1.54) is 0 Å². The van der Waals surface area contributed by atoms with Gasteiger partial charge >= 0.3 is 0 Å². The second-order valence-corrected chi connectivity index (χ2v) is 5.26. The van der Waals surface area contributed by atoms with Crippen LogP contribution < -0.4 is 5.32 Å². The van der Waals surface area contributed by atoms with Crippen LogP contribution in [0.2, 0.25) is 0 Å². The average molecular weight is 295 g/mol. The largest absolute Gasteiger partial charge is 0.323 e.